The number of ether oxygens (including phenoxy) is 1. The second-order valence-corrected chi connectivity index (χ2v) is 8.29. The fourth-order valence-corrected chi connectivity index (χ4v) is 3.98. The lowest BCUT2D eigenvalue weighted by Crippen LogP contribution is -2.56. The number of hydrogen-bond donors (Lipinski definition) is 2. The lowest BCUT2D eigenvalue weighted by molar-refractivity contribution is -0.118. The van der Waals surface area contributed by atoms with Crippen molar-refractivity contribution in [2.24, 2.45) is 4.99 Å². The van der Waals surface area contributed by atoms with E-state index in [1.807, 2.05) is 23.1 Å². The van der Waals surface area contributed by atoms with Crippen molar-refractivity contribution in [3.8, 4) is 0 Å². The summed E-state index contributed by atoms with van der Waals surface area (Å²) in [6.45, 7) is 10.3. The molecule has 1 fully saturated rings. The molecule has 0 bridgehead atoms. The van der Waals surface area contributed by atoms with E-state index in [9.17, 15) is 4.79 Å². The van der Waals surface area contributed by atoms with Crippen LogP contribution in [0.25, 0.3) is 0 Å². The minimum absolute atomic E-state index is 0.0283. The Balaban J connectivity index is 1.37. The van der Waals surface area contributed by atoms with Crippen LogP contribution in [0.15, 0.2) is 29.3 Å². The number of amides is 1. The Kier molecular flexibility index (Phi) is 7.50. The summed E-state index contributed by atoms with van der Waals surface area (Å²) in [7, 11) is 1.78. The van der Waals surface area contributed by atoms with Crippen LogP contribution in [0.2, 0.25) is 0 Å². The molecule has 1 aromatic carbocycles. The molecule has 0 aliphatic carbocycles. The van der Waals surface area contributed by atoms with E-state index >= 15 is 0 Å². The highest BCUT2D eigenvalue weighted by atomic mass is 16.5. The van der Waals surface area contributed by atoms with E-state index in [4.69, 9.17) is 4.74 Å². The van der Waals surface area contributed by atoms with Crippen LogP contribution in [0, 0.1) is 0 Å². The van der Waals surface area contributed by atoms with Crippen molar-refractivity contribution in [1.82, 2.24) is 15.5 Å². The summed E-state index contributed by atoms with van der Waals surface area (Å²) in [6, 6.07) is 8.19. The third-order valence-electron chi connectivity index (χ3n) is 5.83. The number of nitrogens with zero attached hydrogens (tertiary/aromatic N) is 3. The summed E-state index contributed by atoms with van der Waals surface area (Å²) in [5.74, 6) is 0.985. The molecule has 7 heteroatoms. The van der Waals surface area contributed by atoms with Gasteiger partial charge < -0.3 is 20.3 Å². The monoisotopic (exact) mass is 401 g/mol. The summed E-state index contributed by atoms with van der Waals surface area (Å²) in [6.07, 6.45) is 2.28. The number of carbonyl (C=O) groups excluding carboxylic acids is 1. The summed E-state index contributed by atoms with van der Waals surface area (Å²) in [5, 5.41) is 6.76. The number of morpholine rings is 1. The second-order valence-electron chi connectivity index (χ2n) is 8.29. The molecule has 0 atom stereocenters. The molecular weight excluding hydrogens is 366 g/mol. The number of para-hydroxylation sites is 1. The summed E-state index contributed by atoms with van der Waals surface area (Å²) >= 11 is 0. The van der Waals surface area contributed by atoms with Gasteiger partial charge in [0.05, 0.1) is 13.2 Å². The summed E-state index contributed by atoms with van der Waals surface area (Å²) in [5.41, 5.74) is 2.38. The van der Waals surface area contributed by atoms with Crippen LogP contribution >= 0.6 is 0 Å². The fourth-order valence-electron chi connectivity index (χ4n) is 3.98. The summed E-state index contributed by atoms with van der Waals surface area (Å²) in [4.78, 5) is 21.3. The van der Waals surface area contributed by atoms with Gasteiger partial charge >= 0.3 is 0 Å². The Morgan fingerprint density at radius 3 is 2.69 bits per heavy atom. The number of rotatable bonds is 7. The molecule has 1 amide bonds. The average molecular weight is 402 g/mol. The third-order valence-corrected chi connectivity index (χ3v) is 5.83. The average Bonchev–Trinajstić information content (AvgIpc) is 3.18. The van der Waals surface area contributed by atoms with Crippen LogP contribution in [0.1, 0.15) is 32.3 Å². The molecular formula is C22H35N5O2. The molecule has 29 heavy (non-hydrogen) atoms. The molecule has 0 aromatic heterocycles. The molecule has 0 spiro atoms. The molecule has 2 heterocycles. The van der Waals surface area contributed by atoms with Crippen LogP contribution in [-0.2, 0) is 16.0 Å². The Hall–Kier alpha value is -2.12. The van der Waals surface area contributed by atoms with Gasteiger partial charge in [0, 0.05) is 57.4 Å². The van der Waals surface area contributed by atoms with E-state index < -0.39 is 0 Å². The van der Waals surface area contributed by atoms with Gasteiger partial charge in [-0.2, -0.15) is 0 Å². The lowest BCUT2D eigenvalue weighted by atomic mass is 10.0. The van der Waals surface area contributed by atoms with Gasteiger partial charge in [-0.25, -0.2) is 0 Å². The smallest absolute Gasteiger partial charge is 0.227 e. The quantitative estimate of drug-likeness (QED) is 0.413. The van der Waals surface area contributed by atoms with Crippen LogP contribution in [0.5, 0.6) is 0 Å². The highest BCUT2D eigenvalue weighted by Crippen LogP contribution is 2.27. The van der Waals surface area contributed by atoms with E-state index in [0.29, 0.717) is 6.42 Å². The van der Waals surface area contributed by atoms with Crippen molar-refractivity contribution in [3.05, 3.63) is 29.8 Å². The zero-order chi connectivity index (χ0) is 20.7. The van der Waals surface area contributed by atoms with Crippen LogP contribution < -0.4 is 15.5 Å². The number of anilines is 1. The van der Waals surface area contributed by atoms with Gasteiger partial charge in [0.15, 0.2) is 5.96 Å². The first-order valence-corrected chi connectivity index (χ1v) is 10.7. The highest BCUT2D eigenvalue weighted by Gasteiger charge is 2.28. The van der Waals surface area contributed by atoms with Crippen molar-refractivity contribution in [1.29, 1.82) is 0 Å². The Bertz CT molecular complexity index is 713. The van der Waals surface area contributed by atoms with Gasteiger partial charge in [-0.3, -0.25) is 14.7 Å². The number of benzene rings is 1. The molecule has 1 aromatic rings. The zero-order valence-electron chi connectivity index (χ0n) is 18.0. The standard InChI is InChI=1S/C22H35N5O2/c1-22(2,26-13-15-29-16-14-26)17-25-21(23-3)24-11-6-9-20(28)27-12-10-18-7-4-5-8-19(18)27/h4-5,7-8H,6,9-17H2,1-3H3,(H2,23,24,25). The van der Waals surface area contributed by atoms with Crippen molar-refractivity contribution in [3.63, 3.8) is 0 Å². The Morgan fingerprint density at radius 2 is 1.93 bits per heavy atom. The normalized spacial score (nSPS) is 17.9. The number of guanidine groups is 1. The molecule has 0 unspecified atom stereocenters. The van der Waals surface area contributed by atoms with Crippen LogP contribution in [0.4, 0.5) is 5.69 Å². The first-order chi connectivity index (χ1) is 14.0. The first kappa shape index (κ1) is 21.6. The third kappa shape index (κ3) is 5.70. The number of fused-ring (bicyclic) bond motifs is 1. The van der Waals surface area contributed by atoms with E-state index in [0.717, 1.165) is 70.4 Å². The second kappa shape index (κ2) is 10.1. The maximum Gasteiger partial charge on any atom is 0.227 e. The molecule has 7 nitrogen and oxygen atoms in total. The van der Waals surface area contributed by atoms with Gasteiger partial charge in [-0.15, -0.1) is 0 Å². The molecule has 0 radical (unpaired) electrons. The first-order valence-electron chi connectivity index (χ1n) is 10.7. The van der Waals surface area contributed by atoms with Crippen molar-refractivity contribution in [2.75, 3.05) is 57.9 Å². The molecule has 3 rings (SSSR count). The van der Waals surface area contributed by atoms with E-state index in [1.54, 1.807) is 7.05 Å². The van der Waals surface area contributed by atoms with Gasteiger partial charge in [-0.05, 0) is 38.3 Å². The molecule has 2 aliphatic rings. The van der Waals surface area contributed by atoms with Gasteiger partial charge in [0.2, 0.25) is 5.91 Å². The number of carbonyl (C=O) groups is 1. The van der Waals surface area contributed by atoms with Crippen LogP contribution in [-0.4, -0.2) is 75.3 Å². The van der Waals surface area contributed by atoms with Crippen molar-refractivity contribution >= 4 is 17.6 Å². The predicted octanol–water partition coefficient (Wildman–Crippen LogP) is 1.63. The Labute approximate surface area is 174 Å². The molecule has 0 saturated carbocycles. The molecule has 2 N–H and O–H groups in total. The highest BCUT2D eigenvalue weighted by molar-refractivity contribution is 5.95. The van der Waals surface area contributed by atoms with Gasteiger partial charge in [-0.1, -0.05) is 18.2 Å². The summed E-state index contributed by atoms with van der Waals surface area (Å²) < 4.78 is 5.45. The Morgan fingerprint density at radius 1 is 1.17 bits per heavy atom. The number of nitrogens with one attached hydrogen (secondary N) is 2. The van der Waals surface area contributed by atoms with Gasteiger partial charge in [0.25, 0.3) is 0 Å². The van der Waals surface area contributed by atoms with Crippen molar-refractivity contribution < 1.29 is 9.53 Å². The van der Waals surface area contributed by atoms with E-state index in [-0.39, 0.29) is 11.4 Å². The fraction of sp³-hybridized carbons (Fsp3) is 0.636. The topological polar surface area (TPSA) is 69.2 Å². The molecule has 160 valence electrons. The molecule has 2 aliphatic heterocycles. The lowest BCUT2D eigenvalue weighted by Gasteiger charge is -2.41. The van der Waals surface area contributed by atoms with Gasteiger partial charge in [0.1, 0.15) is 0 Å². The SMILES string of the molecule is CN=C(NCCCC(=O)N1CCc2ccccc21)NCC(C)(C)N1CCOCC1. The number of aliphatic imine (C=N–C) groups is 1. The van der Waals surface area contributed by atoms with Crippen molar-refractivity contribution in [2.45, 2.75) is 38.6 Å². The maximum atomic E-state index is 12.6. The number of hydrogen-bond acceptors (Lipinski definition) is 4. The predicted molar refractivity (Wildman–Crippen MR) is 118 cm³/mol. The molecule has 1 saturated heterocycles. The largest absolute Gasteiger partial charge is 0.379 e. The zero-order valence-corrected chi connectivity index (χ0v) is 18.0. The maximum absolute atomic E-state index is 12.6. The van der Waals surface area contributed by atoms with E-state index in [2.05, 4.69) is 40.4 Å². The minimum Gasteiger partial charge on any atom is -0.379 e. The van der Waals surface area contributed by atoms with E-state index in [1.165, 1.54) is 5.56 Å². The van der Waals surface area contributed by atoms with Crippen LogP contribution in [0.3, 0.4) is 0 Å². The minimum atomic E-state index is 0.0283.